The van der Waals surface area contributed by atoms with Gasteiger partial charge in [-0.25, -0.2) is 0 Å². The summed E-state index contributed by atoms with van der Waals surface area (Å²) in [5.41, 5.74) is 26.4. The molecule has 2 amide bonds. The summed E-state index contributed by atoms with van der Waals surface area (Å²) >= 11 is 0. The van der Waals surface area contributed by atoms with Crippen LogP contribution >= 0.6 is 0 Å². The van der Waals surface area contributed by atoms with Crippen molar-refractivity contribution in [1.29, 1.82) is 0 Å². The zero-order valence-corrected chi connectivity index (χ0v) is 67.6. The largest absolute Gasteiger partial charge is 0.493 e. The van der Waals surface area contributed by atoms with Crippen LogP contribution in [0, 0.1) is 6.92 Å². The molecule has 0 saturated heterocycles. The zero-order valence-electron chi connectivity index (χ0n) is 67.6. The van der Waals surface area contributed by atoms with E-state index < -0.39 is 0 Å². The number of allylic oxidation sites excluding steroid dienone is 2. The summed E-state index contributed by atoms with van der Waals surface area (Å²) in [6.45, 7) is 30.0. The van der Waals surface area contributed by atoms with E-state index in [2.05, 4.69) is 229 Å². The molecule has 16 rings (SSSR count). The number of ketones is 2. The number of aryl methyl sites for hydroxylation is 6. The smallest absolute Gasteiger partial charge is 0.250 e. The number of ether oxygens (including phenoxy) is 4. The lowest BCUT2D eigenvalue weighted by molar-refractivity contribution is -0.686. The Morgan fingerprint density at radius 1 is 0.457 bits per heavy atom. The summed E-state index contributed by atoms with van der Waals surface area (Å²) in [7, 11) is 6.67. The number of carbonyl (C=O) groups is 4. The van der Waals surface area contributed by atoms with Crippen LogP contribution < -0.4 is 53.6 Å². The van der Waals surface area contributed by atoms with Gasteiger partial charge in [-0.05, 0) is 202 Å². The van der Waals surface area contributed by atoms with E-state index in [0.29, 0.717) is 24.0 Å². The Hall–Kier alpha value is -13.9. The van der Waals surface area contributed by atoms with Gasteiger partial charge in [-0.3, -0.25) is 19.2 Å². The molecule has 15 aromatic rings. The second-order valence-corrected chi connectivity index (χ2v) is 28.9. The van der Waals surface area contributed by atoms with Crippen molar-refractivity contribution in [2.45, 2.75) is 87.0 Å². The molecule has 4 N–H and O–H groups in total. The Labute approximate surface area is 677 Å². The minimum Gasteiger partial charge on any atom is -0.493 e. The maximum Gasteiger partial charge on any atom is 0.250 e. The topological polar surface area (TPSA) is 171 Å². The van der Waals surface area contributed by atoms with Gasteiger partial charge in [-0.15, -0.1) is 0 Å². The fourth-order valence-electron chi connectivity index (χ4n) is 15.7. The van der Waals surface area contributed by atoms with E-state index in [1.165, 1.54) is 61.8 Å². The summed E-state index contributed by atoms with van der Waals surface area (Å²) in [4.78, 5) is 48.4. The van der Waals surface area contributed by atoms with E-state index in [-0.39, 0.29) is 23.4 Å². The number of nitrogen functional groups attached to an aromatic ring is 1. The SMILES string of the molecule is C=C(C)C(=O)Cc1ccc2c3ccc(NC(=O)C(=C)C)cc3c(-c3ccccc3)[n+](CC)c2c1.C=CC(=O)Cc1ccc2c3ccc(NC(=O)C=C)cc3c(-c3ccccc3)[n+](CC)c2c1.CC[n+]1c(-c2ccccc2)c2cc(N)ccc2c2ccc(C)cc21.COc1cc2c(cc1OC)-c1cc3ccc(OC)c(OC)c3c[n+]1CC2. The average Bonchev–Trinajstić information content (AvgIpc) is 0.748. The van der Waals surface area contributed by atoms with Crippen LogP contribution in [0.5, 0.6) is 23.0 Å². The van der Waals surface area contributed by atoms with Gasteiger partial charge in [-0.2, -0.15) is 18.3 Å². The predicted octanol–water partition coefficient (Wildman–Crippen LogP) is 19.8. The normalized spacial score (nSPS) is 11.3. The lowest BCUT2D eigenvalue weighted by atomic mass is 9.95. The van der Waals surface area contributed by atoms with Crippen molar-refractivity contribution in [1.82, 2.24) is 0 Å². The number of nitrogens with zero attached hydrogens (tertiary/aromatic N) is 4. The standard InChI is InChI=1S/C30H28N2O2.C28H24N2O2.C22H21N2.C21H22NO4/c1-6-32-27-16-21(17-28(33)19(2)3)12-14-25(27)24-15-13-23(31-30(34)20(4)5)18-26(24)29(32)22-10-8-7-9-11-22;1-4-22(31)16-19-12-14-24-23-15-13-21(29-27(32)5-2)18-25(23)28(20-10-8-7-9-11-20)30(6-3)26(24)17-19;1-3-24-21-13-15(2)9-11-19(21)18-12-10-17(23)14-20(18)22(24)16-7-5-4-6-8-16;1-23-18-6-5-13-9-17-15-11-20(25-3)19(24-2)10-14(15)7-8-22(17)12-16(13)21(18)26-4/h7-16,18H,2,4,6,17H2,1,3,5H3;4-5,7-15,17-18H,1-2,6,16H2,3H3;4-14H,3,23H2,1-2H3;5-6,9-12H,7-8H2,1-4H3/q;;2*+1/p+2. The molecule has 116 heavy (non-hydrogen) atoms. The molecular formula is C101H97N7O8+4. The van der Waals surface area contributed by atoms with Crippen molar-refractivity contribution in [3.8, 4) is 68.0 Å². The van der Waals surface area contributed by atoms with Crippen LogP contribution in [0.15, 0.2) is 286 Å². The van der Waals surface area contributed by atoms with Crippen molar-refractivity contribution in [2.75, 3.05) is 44.8 Å². The number of methoxy groups -OCH3 is 4. The maximum absolute atomic E-state index is 12.3. The number of hydrogen-bond donors (Lipinski definition) is 3. The highest BCUT2D eigenvalue weighted by atomic mass is 16.5. The van der Waals surface area contributed by atoms with Crippen LogP contribution in [-0.4, -0.2) is 51.8 Å². The molecule has 0 aliphatic carbocycles. The quantitative estimate of drug-likeness (QED) is 0.0291. The molecule has 0 atom stereocenters. The molecule has 11 aromatic carbocycles. The first-order valence-electron chi connectivity index (χ1n) is 39.0. The molecule has 15 heteroatoms. The molecule has 4 aromatic heterocycles. The molecule has 5 heterocycles. The molecule has 0 unspecified atom stereocenters. The minimum atomic E-state index is -0.244. The highest BCUT2D eigenvalue weighted by Gasteiger charge is 2.30. The number of fused-ring (bicyclic) bond motifs is 13. The number of nitrogens with two attached hydrogens (primary N) is 1. The van der Waals surface area contributed by atoms with Crippen LogP contribution in [0.4, 0.5) is 17.1 Å². The average molecular weight is 1540 g/mol. The third-order valence-corrected chi connectivity index (χ3v) is 21.3. The van der Waals surface area contributed by atoms with Crippen LogP contribution in [0.1, 0.15) is 56.9 Å². The Morgan fingerprint density at radius 2 is 0.931 bits per heavy atom. The number of carbonyl (C=O) groups excluding carboxylic acids is 4. The van der Waals surface area contributed by atoms with Crippen molar-refractivity contribution < 1.29 is 56.4 Å². The van der Waals surface area contributed by atoms with Gasteiger partial charge in [0.05, 0.1) is 71.7 Å². The molecule has 1 aliphatic rings. The van der Waals surface area contributed by atoms with Crippen LogP contribution in [0.3, 0.4) is 0 Å². The van der Waals surface area contributed by atoms with Crippen LogP contribution in [0.2, 0.25) is 0 Å². The number of pyridine rings is 4. The highest BCUT2D eigenvalue weighted by Crippen LogP contribution is 2.42. The lowest BCUT2D eigenvalue weighted by Gasteiger charge is -2.19. The van der Waals surface area contributed by atoms with E-state index in [1.54, 1.807) is 42.3 Å². The first-order chi connectivity index (χ1) is 56.2. The van der Waals surface area contributed by atoms with Gasteiger partial charge in [0.25, 0.3) is 5.91 Å². The lowest BCUT2D eigenvalue weighted by Crippen LogP contribution is -2.40. The predicted molar refractivity (Wildman–Crippen MR) is 472 cm³/mol. The third kappa shape index (κ3) is 16.5. The number of benzene rings is 11. The summed E-state index contributed by atoms with van der Waals surface area (Å²) in [5, 5.41) is 18.2. The summed E-state index contributed by atoms with van der Waals surface area (Å²) in [5.74, 6) is 2.62. The van der Waals surface area contributed by atoms with Crippen molar-refractivity contribution in [3.05, 3.63) is 309 Å². The summed E-state index contributed by atoms with van der Waals surface area (Å²) in [6, 6.07) is 78.7. The van der Waals surface area contributed by atoms with Gasteiger partial charge in [0.15, 0.2) is 47.3 Å². The molecule has 15 nitrogen and oxygen atoms in total. The van der Waals surface area contributed by atoms with Gasteiger partial charge in [0.2, 0.25) is 45.2 Å². The van der Waals surface area contributed by atoms with Gasteiger partial charge < -0.3 is 35.3 Å². The number of amides is 2. The molecule has 1 aliphatic heterocycles. The van der Waals surface area contributed by atoms with Crippen molar-refractivity contribution >= 4 is 116 Å². The molecule has 0 spiro atoms. The van der Waals surface area contributed by atoms with E-state index in [9.17, 15) is 19.2 Å². The Kier molecular flexibility index (Phi) is 24.5. The van der Waals surface area contributed by atoms with Gasteiger partial charge in [0.1, 0.15) is 19.6 Å². The molecule has 580 valence electrons. The first-order valence-corrected chi connectivity index (χ1v) is 39.0. The minimum absolute atomic E-state index is 0.000859. The van der Waals surface area contributed by atoms with E-state index in [4.69, 9.17) is 24.7 Å². The van der Waals surface area contributed by atoms with Crippen LogP contribution in [-0.2, 0) is 64.6 Å². The van der Waals surface area contributed by atoms with E-state index in [0.717, 1.165) is 166 Å². The number of aromatic nitrogens is 4. The van der Waals surface area contributed by atoms with Gasteiger partial charge in [-0.1, -0.05) is 117 Å². The Morgan fingerprint density at radius 3 is 1.41 bits per heavy atom. The Bertz CT molecular complexity index is 6430. The third-order valence-electron chi connectivity index (χ3n) is 21.3. The van der Waals surface area contributed by atoms with Gasteiger partial charge >= 0.3 is 0 Å². The van der Waals surface area contributed by atoms with Crippen molar-refractivity contribution in [2.24, 2.45) is 0 Å². The number of nitrogens with one attached hydrogen (secondary N) is 2. The molecule has 0 fully saturated rings. The van der Waals surface area contributed by atoms with E-state index in [1.807, 2.05) is 91.0 Å². The maximum atomic E-state index is 12.3. The van der Waals surface area contributed by atoms with Gasteiger partial charge in [0, 0.05) is 99.0 Å². The molecule has 0 bridgehead atoms. The summed E-state index contributed by atoms with van der Waals surface area (Å²) in [6.07, 6.45) is 6.37. The van der Waals surface area contributed by atoms with E-state index >= 15 is 0 Å². The number of rotatable bonds is 20. The monoisotopic (exact) mass is 1540 g/mol. The van der Waals surface area contributed by atoms with Crippen LogP contribution in [0.25, 0.3) is 121 Å². The molecule has 0 radical (unpaired) electrons. The fourth-order valence-corrected chi connectivity index (χ4v) is 15.7. The van der Waals surface area contributed by atoms with Crippen molar-refractivity contribution in [3.63, 3.8) is 0 Å². The number of hydrogen-bond acceptors (Lipinski definition) is 9. The Balaban J connectivity index is 0.000000136. The summed E-state index contributed by atoms with van der Waals surface area (Å²) < 4.78 is 31.2. The first kappa shape index (κ1) is 80.1. The molecular weight excluding hydrogens is 1440 g/mol. The highest BCUT2D eigenvalue weighted by molar-refractivity contribution is 6.14. The second-order valence-electron chi connectivity index (χ2n) is 28.9. The number of Topliss-reactive ketones (excluding diaryl/α,β-unsaturated/α-hetero) is 1. The fraction of sp³-hybridized carbons (Fsp3) is 0.168. The number of anilines is 3. The second kappa shape index (κ2) is 35.4. The zero-order chi connectivity index (χ0) is 82.0. The molecule has 0 saturated carbocycles.